The normalized spacial score (nSPS) is 13.0. The Labute approximate surface area is 134 Å². The molecule has 0 radical (unpaired) electrons. The summed E-state index contributed by atoms with van der Waals surface area (Å²) in [6.45, 7) is 1.89. The van der Waals surface area contributed by atoms with Crippen LogP contribution in [0.1, 0.15) is 18.9 Å². The molecule has 2 aromatic carbocycles. The molecular formula is C16H18BrNO2S. The van der Waals surface area contributed by atoms with Gasteiger partial charge in [-0.05, 0) is 49.6 Å². The highest BCUT2D eigenvalue weighted by Crippen LogP contribution is 2.15. The van der Waals surface area contributed by atoms with Gasteiger partial charge in [-0.1, -0.05) is 46.3 Å². The number of nitrogens with one attached hydrogen (secondary N) is 1. The Balaban J connectivity index is 1.95. The summed E-state index contributed by atoms with van der Waals surface area (Å²) in [5.41, 5.74) is 1.21. The minimum atomic E-state index is -3.45. The zero-order valence-corrected chi connectivity index (χ0v) is 14.2. The third-order valence-electron chi connectivity index (χ3n) is 3.19. The first-order valence-corrected chi connectivity index (χ1v) is 9.07. The quantitative estimate of drug-likeness (QED) is 0.844. The first kappa shape index (κ1) is 16.2. The van der Waals surface area contributed by atoms with Crippen molar-refractivity contribution in [2.24, 2.45) is 0 Å². The van der Waals surface area contributed by atoms with Crippen LogP contribution >= 0.6 is 15.9 Å². The molecular weight excluding hydrogens is 350 g/mol. The van der Waals surface area contributed by atoms with Gasteiger partial charge in [-0.2, -0.15) is 0 Å². The third-order valence-corrected chi connectivity index (χ3v) is 5.32. The highest BCUT2D eigenvalue weighted by molar-refractivity contribution is 9.10. The maximum absolute atomic E-state index is 12.2. The molecule has 1 N–H and O–H groups in total. The number of hydrogen-bond donors (Lipinski definition) is 1. The number of halogens is 1. The molecule has 0 unspecified atom stereocenters. The number of sulfonamides is 1. The summed E-state index contributed by atoms with van der Waals surface area (Å²) >= 11 is 3.30. The van der Waals surface area contributed by atoms with Crippen molar-refractivity contribution in [2.45, 2.75) is 30.7 Å². The van der Waals surface area contributed by atoms with Crippen molar-refractivity contribution in [1.82, 2.24) is 4.72 Å². The van der Waals surface area contributed by atoms with E-state index in [4.69, 9.17) is 0 Å². The van der Waals surface area contributed by atoms with Crippen LogP contribution in [0.4, 0.5) is 0 Å². The van der Waals surface area contributed by atoms with Crippen LogP contribution in [0.2, 0.25) is 0 Å². The number of hydrogen-bond acceptors (Lipinski definition) is 2. The maximum Gasteiger partial charge on any atom is 0.240 e. The Hall–Kier alpha value is -1.17. The fraction of sp³-hybridized carbons (Fsp3) is 0.250. The lowest BCUT2D eigenvalue weighted by Gasteiger charge is -2.14. The molecule has 21 heavy (non-hydrogen) atoms. The van der Waals surface area contributed by atoms with E-state index in [9.17, 15) is 8.42 Å². The van der Waals surface area contributed by atoms with Crippen molar-refractivity contribution in [3.63, 3.8) is 0 Å². The van der Waals surface area contributed by atoms with E-state index in [0.717, 1.165) is 17.3 Å². The van der Waals surface area contributed by atoms with Crippen LogP contribution in [0.25, 0.3) is 0 Å². The Bertz CT molecular complexity index is 669. The van der Waals surface area contributed by atoms with Gasteiger partial charge in [0.15, 0.2) is 0 Å². The largest absolute Gasteiger partial charge is 0.240 e. The molecule has 0 aliphatic heterocycles. The summed E-state index contributed by atoms with van der Waals surface area (Å²) < 4.78 is 28.1. The standard InChI is InChI=1S/C16H18BrNO2S/c1-13(7-8-14-5-3-2-4-6-14)18-21(19,20)16-11-9-15(17)10-12-16/h2-6,9-13,18H,7-8H2,1H3/t13-/m0/s1. The highest BCUT2D eigenvalue weighted by atomic mass is 79.9. The van der Waals surface area contributed by atoms with Gasteiger partial charge < -0.3 is 0 Å². The van der Waals surface area contributed by atoms with Crippen LogP contribution in [-0.4, -0.2) is 14.5 Å². The van der Waals surface area contributed by atoms with E-state index in [-0.39, 0.29) is 10.9 Å². The van der Waals surface area contributed by atoms with Gasteiger partial charge in [-0.25, -0.2) is 13.1 Å². The molecule has 0 saturated heterocycles. The summed E-state index contributed by atoms with van der Waals surface area (Å²) in [5.74, 6) is 0. The van der Waals surface area contributed by atoms with Crippen LogP contribution in [0, 0.1) is 0 Å². The van der Waals surface area contributed by atoms with Crippen LogP contribution in [0.5, 0.6) is 0 Å². The van der Waals surface area contributed by atoms with Crippen molar-refractivity contribution in [1.29, 1.82) is 0 Å². The summed E-state index contributed by atoms with van der Waals surface area (Å²) in [7, 11) is -3.45. The van der Waals surface area contributed by atoms with Crippen LogP contribution in [0.3, 0.4) is 0 Å². The molecule has 2 aromatic rings. The predicted molar refractivity (Wildman–Crippen MR) is 88.7 cm³/mol. The summed E-state index contributed by atoms with van der Waals surface area (Å²) in [6, 6.07) is 16.6. The van der Waals surface area contributed by atoms with Crippen LogP contribution in [0.15, 0.2) is 64.0 Å². The van der Waals surface area contributed by atoms with Gasteiger partial charge in [0, 0.05) is 10.5 Å². The third kappa shape index (κ3) is 4.95. The molecule has 0 amide bonds. The van der Waals surface area contributed by atoms with Crippen LogP contribution in [-0.2, 0) is 16.4 Å². The second kappa shape index (κ2) is 7.20. The number of rotatable bonds is 6. The predicted octanol–water partition coefficient (Wildman–Crippen LogP) is 3.75. The van der Waals surface area contributed by atoms with E-state index in [1.165, 1.54) is 5.56 Å². The van der Waals surface area contributed by atoms with E-state index in [2.05, 4.69) is 32.8 Å². The van der Waals surface area contributed by atoms with Crippen molar-refractivity contribution >= 4 is 26.0 Å². The molecule has 0 aromatic heterocycles. The monoisotopic (exact) mass is 367 g/mol. The molecule has 5 heteroatoms. The molecule has 3 nitrogen and oxygen atoms in total. The average molecular weight is 368 g/mol. The lowest BCUT2D eigenvalue weighted by Crippen LogP contribution is -2.32. The van der Waals surface area contributed by atoms with Gasteiger partial charge in [-0.3, -0.25) is 0 Å². The molecule has 1 atom stereocenters. The molecule has 0 bridgehead atoms. The van der Waals surface area contributed by atoms with Gasteiger partial charge in [0.25, 0.3) is 0 Å². The second-order valence-electron chi connectivity index (χ2n) is 5.00. The first-order valence-electron chi connectivity index (χ1n) is 6.79. The van der Waals surface area contributed by atoms with Crippen molar-refractivity contribution in [3.8, 4) is 0 Å². The average Bonchev–Trinajstić information content (AvgIpc) is 2.46. The Morgan fingerprint density at radius 2 is 1.67 bits per heavy atom. The second-order valence-corrected chi connectivity index (χ2v) is 7.63. The minimum absolute atomic E-state index is 0.112. The molecule has 0 saturated carbocycles. The van der Waals surface area contributed by atoms with Gasteiger partial charge >= 0.3 is 0 Å². The zero-order valence-electron chi connectivity index (χ0n) is 11.8. The molecule has 0 heterocycles. The van der Waals surface area contributed by atoms with Crippen LogP contribution < -0.4 is 4.72 Å². The van der Waals surface area contributed by atoms with E-state index >= 15 is 0 Å². The van der Waals surface area contributed by atoms with E-state index < -0.39 is 10.0 Å². The Morgan fingerprint density at radius 3 is 2.29 bits per heavy atom. The number of aryl methyl sites for hydroxylation is 1. The summed E-state index contributed by atoms with van der Waals surface area (Å²) in [4.78, 5) is 0.289. The van der Waals surface area contributed by atoms with Crippen molar-refractivity contribution < 1.29 is 8.42 Å². The van der Waals surface area contributed by atoms with Crippen molar-refractivity contribution in [3.05, 3.63) is 64.6 Å². The molecule has 0 aliphatic rings. The summed E-state index contributed by atoms with van der Waals surface area (Å²) in [5, 5.41) is 0. The lowest BCUT2D eigenvalue weighted by atomic mass is 10.1. The first-order chi connectivity index (χ1) is 9.97. The Kier molecular flexibility index (Phi) is 5.56. The minimum Gasteiger partial charge on any atom is -0.208 e. The smallest absolute Gasteiger partial charge is 0.208 e. The van der Waals surface area contributed by atoms with E-state index in [1.807, 2.05) is 25.1 Å². The molecule has 0 spiro atoms. The highest BCUT2D eigenvalue weighted by Gasteiger charge is 2.16. The van der Waals surface area contributed by atoms with Gasteiger partial charge in [0.1, 0.15) is 0 Å². The summed E-state index contributed by atoms with van der Waals surface area (Å²) in [6.07, 6.45) is 1.62. The fourth-order valence-corrected chi connectivity index (χ4v) is 3.58. The van der Waals surface area contributed by atoms with Gasteiger partial charge in [0.05, 0.1) is 4.90 Å². The van der Waals surface area contributed by atoms with Crippen molar-refractivity contribution in [2.75, 3.05) is 0 Å². The van der Waals surface area contributed by atoms with Gasteiger partial charge in [-0.15, -0.1) is 0 Å². The van der Waals surface area contributed by atoms with E-state index in [1.54, 1.807) is 24.3 Å². The molecule has 2 rings (SSSR count). The molecule has 0 aliphatic carbocycles. The SMILES string of the molecule is C[C@@H](CCc1ccccc1)NS(=O)(=O)c1ccc(Br)cc1. The fourth-order valence-electron chi connectivity index (χ4n) is 2.03. The maximum atomic E-state index is 12.2. The topological polar surface area (TPSA) is 46.2 Å². The lowest BCUT2D eigenvalue weighted by molar-refractivity contribution is 0.547. The number of benzene rings is 2. The molecule has 112 valence electrons. The molecule has 0 fully saturated rings. The van der Waals surface area contributed by atoms with Gasteiger partial charge in [0.2, 0.25) is 10.0 Å². The zero-order chi connectivity index (χ0) is 15.3. The Morgan fingerprint density at radius 1 is 1.05 bits per heavy atom. The van der Waals surface area contributed by atoms with E-state index in [0.29, 0.717) is 0 Å².